The number of hydrogen-bond donors (Lipinski definition) is 0. The van der Waals surface area contributed by atoms with E-state index < -0.39 is 35.9 Å². The highest BCUT2D eigenvalue weighted by Gasteiger charge is 2.29. The average Bonchev–Trinajstić information content (AvgIpc) is 2.72. The molecule has 2 nitrogen and oxygen atoms in total. The van der Waals surface area contributed by atoms with Gasteiger partial charge in [-0.25, -0.2) is 18.2 Å². The van der Waals surface area contributed by atoms with Crippen molar-refractivity contribution < 1.29 is 26.4 Å². The van der Waals surface area contributed by atoms with Crippen molar-refractivity contribution in [2.24, 2.45) is 0 Å². The summed E-state index contributed by atoms with van der Waals surface area (Å²) in [5, 5.41) is -0.0720. The van der Waals surface area contributed by atoms with Gasteiger partial charge in [-0.05, 0) is 0 Å². The average molecular weight is 315 g/mol. The Balaban J connectivity index is 2.81. The van der Waals surface area contributed by atoms with E-state index in [1.807, 2.05) is 0 Å². The van der Waals surface area contributed by atoms with E-state index in [2.05, 4.69) is 4.98 Å². The van der Waals surface area contributed by atoms with Gasteiger partial charge in [-0.15, -0.1) is 0 Å². The third kappa shape index (κ3) is 4.50. The van der Waals surface area contributed by atoms with E-state index in [9.17, 15) is 22.0 Å². The summed E-state index contributed by atoms with van der Waals surface area (Å²) in [5.41, 5.74) is -0.521. The minimum absolute atomic E-state index is 0.0720. The number of rotatable bonds is 5. The second-order valence-corrected chi connectivity index (χ2v) is 6.05. The van der Waals surface area contributed by atoms with Crippen molar-refractivity contribution in [2.45, 2.75) is 44.3 Å². The number of thioether (sulfide) groups is 1. The zero-order chi connectivity index (χ0) is 15.5. The maximum atomic E-state index is 12.8. The van der Waals surface area contributed by atoms with Gasteiger partial charge in [0.05, 0.1) is 5.69 Å². The second kappa shape index (κ2) is 6.60. The fourth-order valence-electron chi connectivity index (χ4n) is 1.38. The van der Waals surface area contributed by atoms with E-state index in [1.54, 1.807) is 20.8 Å². The summed E-state index contributed by atoms with van der Waals surface area (Å²) in [6, 6.07) is 0. The van der Waals surface area contributed by atoms with Crippen LogP contribution >= 0.6 is 11.8 Å². The quantitative estimate of drug-likeness (QED) is 0.532. The van der Waals surface area contributed by atoms with Crippen LogP contribution in [0.3, 0.4) is 0 Å². The van der Waals surface area contributed by atoms with Crippen molar-refractivity contribution >= 4 is 11.8 Å². The Labute approximate surface area is 117 Å². The predicted octanol–water partition coefficient (Wildman–Crippen LogP) is 5.47. The molecule has 0 aliphatic rings. The van der Waals surface area contributed by atoms with Gasteiger partial charge in [0, 0.05) is 17.6 Å². The van der Waals surface area contributed by atoms with Crippen molar-refractivity contribution in [1.82, 2.24) is 4.98 Å². The van der Waals surface area contributed by atoms with Crippen LogP contribution in [0.5, 0.6) is 0 Å². The van der Waals surface area contributed by atoms with Gasteiger partial charge in [-0.2, -0.15) is 8.78 Å². The number of alkyl halides is 2. The van der Waals surface area contributed by atoms with Crippen LogP contribution in [0.25, 0.3) is 0 Å². The van der Waals surface area contributed by atoms with Gasteiger partial charge in [-0.3, -0.25) is 0 Å². The zero-order valence-corrected chi connectivity index (χ0v) is 12.0. The molecule has 1 aromatic rings. The van der Waals surface area contributed by atoms with Gasteiger partial charge in [0.15, 0.2) is 11.6 Å². The minimum Gasteiger partial charge on any atom is -0.430 e. The molecule has 0 aliphatic carbocycles. The first-order valence-electron chi connectivity index (χ1n) is 5.74. The molecule has 0 fully saturated rings. The van der Waals surface area contributed by atoms with E-state index in [0.29, 0.717) is 0 Å². The number of halogens is 5. The summed E-state index contributed by atoms with van der Waals surface area (Å²) < 4.78 is 66.8. The lowest BCUT2D eigenvalue weighted by molar-refractivity contribution is 0.113. The lowest BCUT2D eigenvalue weighted by Crippen LogP contribution is -2.14. The normalized spacial score (nSPS) is 12.1. The highest BCUT2D eigenvalue weighted by atomic mass is 32.2. The fourth-order valence-corrected chi connectivity index (χ4v) is 2.14. The van der Waals surface area contributed by atoms with Gasteiger partial charge in [0.2, 0.25) is 0 Å². The smallest absolute Gasteiger partial charge is 0.301 e. The minimum atomic E-state index is -2.81. The summed E-state index contributed by atoms with van der Waals surface area (Å²) in [5.74, 6) is -2.13. The molecule has 0 bridgehead atoms. The standard InChI is InChI=1S/C12H14F5NOS/c1-12(2,3)8-7(10(16)17)19-11(18-8)20-5-4-6(13)9(14)15/h10H,4-5H2,1-3H3. The summed E-state index contributed by atoms with van der Waals surface area (Å²) >= 11 is 0.816. The third-order valence-corrected chi connectivity index (χ3v) is 3.12. The van der Waals surface area contributed by atoms with Gasteiger partial charge in [0.1, 0.15) is 0 Å². The molecule has 0 aromatic carbocycles. The molecule has 0 N–H and O–H groups in total. The zero-order valence-electron chi connectivity index (χ0n) is 11.1. The van der Waals surface area contributed by atoms with Crippen LogP contribution in [0.4, 0.5) is 22.0 Å². The monoisotopic (exact) mass is 315 g/mol. The molecule has 114 valence electrons. The van der Waals surface area contributed by atoms with E-state index >= 15 is 0 Å². The molecule has 8 heteroatoms. The first-order chi connectivity index (χ1) is 9.12. The van der Waals surface area contributed by atoms with Crippen LogP contribution in [0.2, 0.25) is 0 Å². The number of aromatic nitrogens is 1. The number of oxazole rings is 1. The van der Waals surface area contributed by atoms with Crippen molar-refractivity contribution in [3.63, 3.8) is 0 Å². The molecule has 1 rings (SSSR count). The first-order valence-corrected chi connectivity index (χ1v) is 6.73. The summed E-state index contributed by atoms with van der Waals surface area (Å²) in [4.78, 5) is 3.93. The van der Waals surface area contributed by atoms with Crippen LogP contribution in [0.15, 0.2) is 21.5 Å². The molecular formula is C12H14F5NOS. The highest BCUT2D eigenvalue weighted by molar-refractivity contribution is 7.99. The second-order valence-electron chi connectivity index (χ2n) is 5.01. The molecule has 0 atom stereocenters. The Bertz CT molecular complexity index is 489. The molecule has 0 amide bonds. The number of allylic oxidation sites excluding steroid dienone is 1. The maximum absolute atomic E-state index is 12.8. The Morgan fingerprint density at radius 1 is 1.25 bits per heavy atom. The molecule has 0 spiro atoms. The third-order valence-electron chi connectivity index (χ3n) is 2.29. The summed E-state index contributed by atoms with van der Waals surface area (Å²) in [7, 11) is 0. The lowest BCUT2D eigenvalue weighted by Gasteiger charge is -2.15. The Kier molecular flexibility index (Phi) is 5.61. The molecule has 0 saturated carbocycles. The molecule has 1 aromatic heterocycles. The molecular weight excluding hydrogens is 301 g/mol. The molecule has 20 heavy (non-hydrogen) atoms. The van der Waals surface area contributed by atoms with Crippen LogP contribution < -0.4 is 0 Å². The maximum Gasteiger partial charge on any atom is 0.301 e. The van der Waals surface area contributed by atoms with E-state index in [0.717, 1.165) is 11.8 Å². The van der Waals surface area contributed by atoms with Crippen LogP contribution in [0.1, 0.15) is 45.1 Å². The number of hydrogen-bond acceptors (Lipinski definition) is 3. The Morgan fingerprint density at radius 3 is 2.25 bits per heavy atom. The van der Waals surface area contributed by atoms with Gasteiger partial charge < -0.3 is 4.42 Å². The fraction of sp³-hybridized carbons (Fsp3) is 0.583. The van der Waals surface area contributed by atoms with E-state index in [4.69, 9.17) is 4.42 Å². The van der Waals surface area contributed by atoms with Gasteiger partial charge in [-0.1, -0.05) is 32.5 Å². The Morgan fingerprint density at radius 2 is 1.85 bits per heavy atom. The van der Waals surface area contributed by atoms with Crippen molar-refractivity contribution in [3.8, 4) is 0 Å². The Hall–Kier alpha value is -1.05. The van der Waals surface area contributed by atoms with E-state index in [1.165, 1.54) is 0 Å². The summed E-state index contributed by atoms with van der Waals surface area (Å²) in [6.45, 7) is 5.10. The predicted molar refractivity (Wildman–Crippen MR) is 65.9 cm³/mol. The van der Waals surface area contributed by atoms with Crippen molar-refractivity contribution in [1.29, 1.82) is 0 Å². The largest absolute Gasteiger partial charge is 0.430 e. The molecule has 0 saturated heterocycles. The number of nitrogens with zero attached hydrogens (tertiary/aromatic N) is 1. The van der Waals surface area contributed by atoms with Gasteiger partial charge >= 0.3 is 6.08 Å². The first kappa shape index (κ1) is 17.0. The van der Waals surface area contributed by atoms with E-state index in [-0.39, 0.29) is 16.7 Å². The van der Waals surface area contributed by atoms with Crippen LogP contribution in [-0.4, -0.2) is 10.7 Å². The van der Waals surface area contributed by atoms with Crippen LogP contribution in [-0.2, 0) is 5.41 Å². The summed E-state index contributed by atoms with van der Waals surface area (Å²) in [6.07, 6.45) is -5.70. The highest BCUT2D eigenvalue weighted by Crippen LogP contribution is 2.35. The molecule has 0 aliphatic heterocycles. The topological polar surface area (TPSA) is 26.0 Å². The SMILES string of the molecule is CC(C)(C)c1nc(SCCC(F)=C(F)F)oc1C(F)F. The van der Waals surface area contributed by atoms with Gasteiger partial charge in [0.25, 0.3) is 11.6 Å². The molecule has 0 unspecified atom stereocenters. The molecule has 1 heterocycles. The van der Waals surface area contributed by atoms with Crippen molar-refractivity contribution in [2.75, 3.05) is 5.75 Å². The van der Waals surface area contributed by atoms with Crippen molar-refractivity contribution in [3.05, 3.63) is 23.4 Å². The van der Waals surface area contributed by atoms with Crippen LogP contribution in [0, 0.1) is 0 Å². The lowest BCUT2D eigenvalue weighted by atomic mass is 9.91. The molecule has 0 radical (unpaired) electrons.